The third-order valence-electron chi connectivity index (χ3n) is 2.11. The van der Waals surface area contributed by atoms with E-state index in [1.54, 1.807) is 6.33 Å². The third-order valence-corrected chi connectivity index (χ3v) is 2.11. The van der Waals surface area contributed by atoms with Gasteiger partial charge in [0.15, 0.2) is 5.82 Å². The standard InChI is InChI=1S/C11H13N3O/c1-2-14-11(12-9-13-14)8-15-10-6-4-3-5-7-10/h3-7,9H,2,8H2,1H3. The lowest BCUT2D eigenvalue weighted by Crippen LogP contribution is -2.07. The molecule has 1 aromatic heterocycles. The van der Waals surface area contributed by atoms with Crippen LogP contribution in [0, 0.1) is 0 Å². The number of ether oxygens (including phenoxy) is 1. The van der Waals surface area contributed by atoms with Crippen molar-refractivity contribution >= 4 is 0 Å². The molecule has 2 aromatic rings. The van der Waals surface area contributed by atoms with Gasteiger partial charge in [0, 0.05) is 6.54 Å². The Kier molecular flexibility index (Phi) is 2.97. The summed E-state index contributed by atoms with van der Waals surface area (Å²) in [7, 11) is 0. The van der Waals surface area contributed by atoms with Crippen molar-refractivity contribution in [3.8, 4) is 5.75 Å². The van der Waals surface area contributed by atoms with E-state index in [0.29, 0.717) is 6.61 Å². The van der Waals surface area contributed by atoms with Crippen LogP contribution < -0.4 is 4.74 Å². The minimum atomic E-state index is 0.456. The lowest BCUT2D eigenvalue weighted by atomic mass is 10.3. The molecule has 0 amide bonds. The summed E-state index contributed by atoms with van der Waals surface area (Å²) in [5, 5.41) is 4.07. The Balaban J connectivity index is 1.99. The van der Waals surface area contributed by atoms with Crippen molar-refractivity contribution in [1.82, 2.24) is 14.8 Å². The normalized spacial score (nSPS) is 10.2. The maximum absolute atomic E-state index is 5.57. The van der Waals surface area contributed by atoms with Crippen LogP contribution >= 0.6 is 0 Å². The maximum atomic E-state index is 5.57. The fourth-order valence-electron chi connectivity index (χ4n) is 1.33. The highest BCUT2D eigenvalue weighted by molar-refractivity contribution is 5.20. The minimum absolute atomic E-state index is 0.456. The van der Waals surface area contributed by atoms with E-state index in [1.165, 1.54) is 0 Å². The number of rotatable bonds is 4. The molecule has 0 saturated heterocycles. The first kappa shape index (κ1) is 9.71. The van der Waals surface area contributed by atoms with Crippen LogP contribution in [-0.2, 0) is 13.2 Å². The van der Waals surface area contributed by atoms with Crippen molar-refractivity contribution < 1.29 is 4.74 Å². The molecule has 4 heteroatoms. The van der Waals surface area contributed by atoms with Crippen LogP contribution in [0.5, 0.6) is 5.75 Å². The van der Waals surface area contributed by atoms with Crippen molar-refractivity contribution in [3.05, 3.63) is 42.5 Å². The van der Waals surface area contributed by atoms with Gasteiger partial charge < -0.3 is 4.74 Å². The Hall–Kier alpha value is -1.84. The molecule has 2 rings (SSSR count). The van der Waals surface area contributed by atoms with Crippen molar-refractivity contribution in [2.24, 2.45) is 0 Å². The number of aryl methyl sites for hydroxylation is 1. The molecule has 15 heavy (non-hydrogen) atoms. The summed E-state index contributed by atoms with van der Waals surface area (Å²) in [6.45, 7) is 3.30. The molecule has 0 aliphatic carbocycles. The van der Waals surface area contributed by atoms with Crippen LogP contribution in [0.15, 0.2) is 36.7 Å². The van der Waals surface area contributed by atoms with Crippen molar-refractivity contribution in [2.45, 2.75) is 20.1 Å². The fourth-order valence-corrected chi connectivity index (χ4v) is 1.33. The lowest BCUT2D eigenvalue weighted by molar-refractivity contribution is 0.287. The molecule has 4 nitrogen and oxygen atoms in total. The van der Waals surface area contributed by atoms with Crippen LogP contribution in [-0.4, -0.2) is 14.8 Å². The monoisotopic (exact) mass is 203 g/mol. The van der Waals surface area contributed by atoms with E-state index in [-0.39, 0.29) is 0 Å². The van der Waals surface area contributed by atoms with E-state index in [0.717, 1.165) is 18.1 Å². The van der Waals surface area contributed by atoms with Gasteiger partial charge in [-0.25, -0.2) is 9.67 Å². The van der Waals surface area contributed by atoms with Gasteiger partial charge in [0.1, 0.15) is 18.7 Å². The molecule has 0 spiro atoms. The van der Waals surface area contributed by atoms with E-state index in [4.69, 9.17) is 4.74 Å². The summed E-state index contributed by atoms with van der Waals surface area (Å²) < 4.78 is 7.39. The van der Waals surface area contributed by atoms with Crippen LogP contribution in [0.3, 0.4) is 0 Å². The zero-order valence-corrected chi connectivity index (χ0v) is 8.63. The molecule has 78 valence electrons. The van der Waals surface area contributed by atoms with Gasteiger partial charge in [0.05, 0.1) is 0 Å². The quantitative estimate of drug-likeness (QED) is 0.761. The highest BCUT2D eigenvalue weighted by Crippen LogP contribution is 2.10. The first-order valence-electron chi connectivity index (χ1n) is 4.94. The largest absolute Gasteiger partial charge is 0.486 e. The van der Waals surface area contributed by atoms with E-state index in [9.17, 15) is 0 Å². The van der Waals surface area contributed by atoms with Gasteiger partial charge in [0.25, 0.3) is 0 Å². The van der Waals surface area contributed by atoms with Crippen molar-refractivity contribution in [1.29, 1.82) is 0 Å². The second-order valence-electron chi connectivity index (χ2n) is 3.09. The Morgan fingerprint density at radius 2 is 2.07 bits per heavy atom. The molecular formula is C11H13N3O. The van der Waals surface area contributed by atoms with Gasteiger partial charge in [-0.05, 0) is 19.1 Å². The number of aromatic nitrogens is 3. The lowest BCUT2D eigenvalue weighted by Gasteiger charge is -2.05. The van der Waals surface area contributed by atoms with Crippen molar-refractivity contribution in [3.63, 3.8) is 0 Å². The van der Waals surface area contributed by atoms with Crippen LogP contribution in [0.1, 0.15) is 12.7 Å². The first-order chi connectivity index (χ1) is 7.40. The van der Waals surface area contributed by atoms with E-state index in [1.807, 2.05) is 41.9 Å². The van der Waals surface area contributed by atoms with Gasteiger partial charge in [-0.1, -0.05) is 18.2 Å². The maximum Gasteiger partial charge on any atom is 0.164 e. The predicted molar refractivity (Wildman–Crippen MR) is 56.5 cm³/mol. The molecule has 0 fully saturated rings. The Morgan fingerprint density at radius 3 is 2.80 bits per heavy atom. The topological polar surface area (TPSA) is 39.9 Å². The Morgan fingerprint density at radius 1 is 1.27 bits per heavy atom. The molecular weight excluding hydrogens is 190 g/mol. The second-order valence-corrected chi connectivity index (χ2v) is 3.09. The highest BCUT2D eigenvalue weighted by Gasteiger charge is 2.02. The zero-order chi connectivity index (χ0) is 10.5. The molecule has 0 radical (unpaired) electrons. The Bertz CT molecular complexity index is 411. The molecule has 0 saturated carbocycles. The van der Waals surface area contributed by atoms with Gasteiger partial charge in [-0.3, -0.25) is 0 Å². The number of nitrogens with zero attached hydrogens (tertiary/aromatic N) is 3. The smallest absolute Gasteiger partial charge is 0.164 e. The number of benzene rings is 1. The number of para-hydroxylation sites is 1. The summed E-state index contributed by atoms with van der Waals surface area (Å²) in [6, 6.07) is 9.69. The third kappa shape index (κ3) is 2.34. The fraction of sp³-hybridized carbons (Fsp3) is 0.273. The van der Waals surface area contributed by atoms with E-state index < -0.39 is 0 Å². The van der Waals surface area contributed by atoms with Crippen LogP contribution in [0.2, 0.25) is 0 Å². The van der Waals surface area contributed by atoms with Gasteiger partial charge in [-0.2, -0.15) is 5.10 Å². The molecule has 0 aliphatic heterocycles. The molecule has 0 aliphatic rings. The van der Waals surface area contributed by atoms with E-state index in [2.05, 4.69) is 10.1 Å². The minimum Gasteiger partial charge on any atom is -0.486 e. The molecule has 0 N–H and O–H groups in total. The number of hydrogen-bond donors (Lipinski definition) is 0. The summed E-state index contributed by atoms with van der Waals surface area (Å²) in [5.74, 6) is 1.70. The average Bonchev–Trinajstić information content (AvgIpc) is 2.75. The first-order valence-corrected chi connectivity index (χ1v) is 4.94. The molecule has 0 bridgehead atoms. The second kappa shape index (κ2) is 4.59. The molecule has 1 aromatic carbocycles. The van der Waals surface area contributed by atoms with E-state index >= 15 is 0 Å². The van der Waals surface area contributed by atoms with Crippen LogP contribution in [0.25, 0.3) is 0 Å². The van der Waals surface area contributed by atoms with Gasteiger partial charge in [0.2, 0.25) is 0 Å². The summed E-state index contributed by atoms with van der Waals surface area (Å²) in [6.07, 6.45) is 1.55. The van der Waals surface area contributed by atoms with Crippen molar-refractivity contribution in [2.75, 3.05) is 0 Å². The molecule has 0 atom stereocenters. The Labute approximate surface area is 88.5 Å². The van der Waals surface area contributed by atoms with Gasteiger partial charge in [-0.15, -0.1) is 0 Å². The summed E-state index contributed by atoms with van der Waals surface area (Å²) >= 11 is 0. The average molecular weight is 203 g/mol. The molecule has 0 unspecified atom stereocenters. The highest BCUT2D eigenvalue weighted by atomic mass is 16.5. The van der Waals surface area contributed by atoms with Gasteiger partial charge >= 0.3 is 0 Å². The summed E-state index contributed by atoms with van der Waals surface area (Å²) in [5.41, 5.74) is 0. The van der Waals surface area contributed by atoms with Crippen LogP contribution in [0.4, 0.5) is 0 Å². The molecule has 1 heterocycles. The number of hydrogen-bond acceptors (Lipinski definition) is 3. The zero-order valence-electron chi connectivity index (χ0n) is 8.63. The SMILES string of the molecule is CCn1ncnc1COc1ccccc1. The predicted octanol–water partition coefficient (Wildman–Crippen LogP) is 1.88. The summed E-state index contributed by atoms with van der Waals surface area (Å²) in [4.78, 5) is 4.13.